The Hall–Kier alpha value is -4.48. The lowest BCUT2D eigenvalue weighted by Crippen LogP contribution is -2.58. The van der Waals surface area contributed by atoms with E-state index in [-0.39, 0.29) is 34.7 Å². The fraction of sp³-hybridized carbons (Fsp3) is 0.296. The minimum absolute atomic E-state index is 0.0370. The van der Waals surface area contributed by atoms with Crippen LogP contribution < -0.4 is 25.6 Å². The quantitative estimate of drug-likeness (QED) is 0.442. The van der Waals surface area contributed by atoms with Gasteiger partial charge in [0.1, 0.15) is 18.2 Å². The van der Waals surface area contributed by atoms with Gasteiger partial charge in [-0.1, -0.05) is 12.1 Å². The first-order chi connectivity index (χ1) is 18.6. The van der Waals surface area contributed by atoms with Crippen LogP contribution >= 0.6 is 0 Å². The van der Waals surface area contributed by atoms with Crippen molar-refractivity contribution in [2.75, 3.05) is 48.8 Å². The highest BCUT2D eigenvalue weighted by atomic mass is 19.4. The molecule has 1 saturated heterocycles. The summed E-state index contributed by atoms with van der Waals surface area (Å²) in [5, 5.41) is 8.30. The standard InChI is InChI=1S/C27H27F3N6O3/c1-16(37)35-9-10-36-18(14-35)15-39-24-11-17(7-8-23(24)36)33-25-12-22(20(13-32-25)27(28,29)30)34-21-6-4-3-5-19(21)26(38)31-2/h3-8,11-13,18H,9-10,14-15H2,1-2H3,(H,31,38)(H2,32,33,34). The van der Waals surface area contributed by atoms with E-state index in [0.717, 1.165) is 11.9 Å². The van der Waals surface area contributed by atoms with Crippen LogP contribution in [-0.4, -0.2) is 61.0 Å². The maximum Gasteiger partial charge on any atom is 0.419 e. The molecule has 204 valence electrons. The van der Waals surface area contributed by atoms with Gasteiger partial charge in [-0.3, -0.25) is 9.59 Å². The predicted molar refractivity (Wildman–Crippen MR) is 141 cm³/mol. The Morgan fingerprint density at radius 2 is 1.85 bits per heavy atom. The number of para-hydroxylation sites is 1. The molecule has 0 radical (unpaired) electrons. The van der Waals surface area contributed by atoms with Crippen LogP contribution in [0.4, 0.5) is 41.7 Å². The number of anilines is 5. The molecule has 12 heteroatoms. The minimum Gasteiger partial charge on any atom is -0.489 e. The number of amides is 2. The van der Waals surface area contributed by atoms with E-state index in [1.807, 2.05) is 6.07 Å². The summed E-state index contributed by atoms with van der Waals surface area (Å²) in [6, 6.07) is 13.1. The third-order valence-corrected chi connectivity index (χ3v) is 6.78. The molecule has 9 nitrogen and oxygen atoms in total. The Morgan fingerprint density at radius 3 is 2.59 bits per heavy atom. The summed E-state index contributed by atoms with van der Waals surface area (Å²) in [5.74, 6) is 0.414. The summed E-state index contributed by atoms with van der Waals surface area (Å²) in [4.78, 5) is 32.0. The van der Waals surface area contributed by atoms with Gasteiger partial charge in [-0.05, 0) is 24.3 Å². The van der Waals surface area contributed by atoms with E-state index in [9.17, 15) is 22.8 Å². The van der Waals surface area contributed by atoms with Gasteiger partial charge in [0.25, 0.3) is 5.91 Å². The molecule has 3 aromatic rings. The lowest BCUT2D eigenvalue weighted by atomic mass is 10.1. The van der Waals surface area contributed by atoms with Crippen molar-refractivity contribution in [3.63, 3.8) is 0 Å². The van der Waals surface area contributed by atoms with E-state index in [0.29, 0.717) is 37.7 Å². The first-order valence-electron chi connectivity index (χ1n) is 12.4. The number of halogens is 3. The topological polar surface area (TPSA) is 98.8 Å². The second kappa shape index (κ2) is 10.4. The van der Waals surface area contributed by atoms with Gasteiger partial charge in [0.15, 0.2) is 0 Å². The number of ether oxygens (including phenoxy) is 1. The molecule has 1 atom stereocenters. The lowest BCUT2D eigenvalue weighted by Gasteiger charge is -2.45. The Balaban J connectivity index is 1.40. The highest BCUT2D eigenvalue weighted by Crippen LogP contribution is 2.40. The summed E-state index contributed by atoms with van der Waals surface area (Å²) in [7, 11) is 1.45. The molecule has 1 aromatic heterocycles. The normalized spacial score (nSPS) is 16.5. The largest absolute Gasteiger partial charge is 0.489 e. The monoisotopic (exact) mass is 540 g/mol. The minimum atomic E-state index is -4.67. The number of hydrogen-bond acceptors (Lipinski definition) is 7. The maximum atomic E-state index is 13.8. The van der Waals surface area contributed by atoms with Gasteiger partial charge in [-0.15, -0.1) is 0 Å². The Bertz CT molecular complexity index is 1410. The molecule has 39 heavy (non-hydrogen) atoms. The van der Waals surface area contributed by atoms with E-state index >= 15 is 0 Å². The number of piperazine rings is 1. The molecule has 3 N–H and O–H groups in total. The van der Waals surface area contributed by atoms with Crippen LogP contribution in [0.2, 0.25) is 0 Å². The zero-order valence-electron chi connectivity index (χ0n) is 21.3. The molecule has 0 bridgehead atoms. The molecule has 2 amide bonds. The average molecular weight is 541 g/mol. The van der Waals surface area contributed by atoms with E-state index in [1.54, 1.807) is 36.1 Å². The lowest BCUT2D eigenvalue weighted by molar-refractivity contribution is -0.137. The number of fused-ring (bicyclic) bond motifs is 3. The molecule has 2 aromatic carbocycles. The summed E-state index contributed by atoms with van der Waals surface area (Å²) < 4.78 is 47.4. The summed E-state index contributed by atoms with van der Waals surface area (Å²) in [6.45, 7) is 3.86. The van der Waals surface area contributed by atoms with Gasteiger partial charge >= 0.3 is 6.18 Å². The third-order valence-electron chi connectivity index (χ3n) is 6.78. The Labute approximate surface area is 223 Å². The smallest absolute Gasteiger partial charge is 0.419 e. The number of carbonyl (C=O) groups excluding carboxylic acids is 2. The van der Waals surface area contributed by atoms with E-state index in [1.165, 1.54) is 25.2 Å². The van der Waals surface area contributed by atoms with Crippen molar-refractivity contribution in [2.45, 2.75) is 19.1 Å². The predicted octanol–water partition coefficient (Wildman–Crippen LogP) is 4.38. The number of hydrogen-bond donors (Lipinski definition) is 3. The number of nitrogens with zero attached hydrogens (tertiary/aromatic N) is 3. The van der Waals surface area contributed by atoms with Gasteiger partial charge in [0.05, 0.1) is 34.2 Å². The average Bonchev–Trinajstić information content (AvgIpc) is 2.91. The zero-order chi connectivity index (χ0) is 27.7. The second-order valence-corrected chi connectivity index (χ2v) is 9.29. The molecule has 1 fully saturated rings. The molecule has 3 heterocycles. The molecule has 0 spiro atoms. The maximum absolute atomic E-state index is 13.8. The molecule has 2 aliphatic heterocycles. The zero-order valence-corrected chi connectivity index (χ0v) is 21.3. The molecule has 5 rings (SSSR count). The van der Waals surface area contributed by atoms with Crippen molar-refractivity contribution in [3.05, 3.63) is 65.9 Å². The van der Waals surface area contributed by atoms with Crippen LogP contribution in [0.15, 0.2) is 54.7 Å². The van der Waals surface area contributed by atoms with Crippen molar-refractivity contribution in [1.82, 2.24) is 15.2 Å². The van der Waals surface area contributed by atoms with Crippen LogP contribution in [0.1, 0.15) is 22.8 Å². The van der Waals surface area contributed by atoms with Crippen LogP contribution in [0.5, 0.6) is 5.75 Å². The Morgan fingerprint density at radius 1 is 1.05 bits per heavy atom. The first kappa shape index (κ1) is 26.1. The number of benzene rings is 2. The highest BCUT2D eigenvalue weighted by molar-refractivity contribution is 6.00. The number of pyridine rings is 1. The summed E-state index contributed by atoms with van der Waals surface area (Å²) >= 11 is 0. The summed E-state index contributed by atoms with van der Waals surface area (Å²) in [5.41, 5.74) is 0.683. The highest BCUT2D eigenvalue weighted by Gasteiger charge is 2.35. The summed E-state index contributed by atoms with van der Waals surface area (Å²) in [6.07, 6.45) is -3.92. The van der Waals surface area contributed by atoms with Gasteiger partial charge in [-0.2, -0.15) is 13.2 Å². The van der Waals surface area contributed by atoms with E-state index < -0.39 is 17.6 Å². The van der Waals surface area contributed by atoms with Crippen LogP contribution in [0.25, 0.3) is 0 Å². The van der Waals surface area contributed by atoms with Gasteiger partial charge in [0.2, 0.25) is 5.91 Å². The van der Waals surface area contributed by atoms with Gasteiger partial charge in [0, 0.05) is 57.6 Å². The molecule has 1 unspecified atom stereocenters. The number of carbonyl (C=O) groups is 2. The van der Waals surface area contributed by atoms with E-state index in [2.05, 4.69) is 25.8 Å². The van der Waals surface area contributed by atoms with Crippen LogP contribution in [0, 0.1) is 0 Å². The Kier molecular flexibility index (Phi) is 6.94. The van der Waals surface area contributed by atoms with Gasteiger partial charge in [-0.25, -0.2) is 4.98 Å². The number of aromatic nitrogens is 1. The molecule has 0 saturated carbocycles. The molecule has 2 aliphatic rings. The van der Waals surface area contributed by atoms with Crippen molar-refractivity contribution in [1.29, 1.82) is 0 Å². The third kappa shape index (κ3) is 5.40. The number of rotatable bonds is 5. The molecular formula is C27H27F3N6O3. The fourth-order valence-corrected chi connectivity index (χ4v) is 4.80. The second-order valence-electron chi connectivity index (χ2n) is 9.29. The first-order valence-corrected chi connectivity index (χ1v) is 12.4. The molecule has 0 aliphatic carbocycles. The molecular weight excluding hydrogens is 513 g/mol. The van der Waals surface area contributed by atoms with Crippen molar-refractivity contribution in [3.8, 4) is 5.75 Å². The van der Waals surface area contributed by atoms with Crippen molar-refractivity contribution < 1.29 is 27.5 Å². The number of alkyl halides is 3. The van der Waals surface area contributed by atoms with Crippen LogP contribution in [0.3, 0.4) is 0 Å². The number of nitrogens with one attached hydrogen (secondary N) is 3. The van der Waals surface area contributed by atoms with E-state index in [4.69, 9.17) is 4.74 Å². The van der Waals surface area contributed by atoms with Crippen molar-refractivity contribution >= 4 is 40.4 Å². The van der Waals surface area contributed by atoms with Crippen molar-refractivity contribution in [2.24, 2.45) is 0 Å². The van der Waals surface area contributed by atoms with Crippen LogP contribution in [-0.2, 0) is 11.0 Å². The fourth-order valence-electron chi connectivity index (χ4n) is 4.80. The SMILES string of the molecule is CNC(=O)c1ccccc1Nc1cc(Nc2ccc3c(c2)OCC2CN(C(C)=O)CCN32)ncc1C(F)(F)F. The van der Waals surface area contributed by atoms with Gasteiger partial charge < -0.3 is 30.5 Å².